The van der Waals surface area contributed by atoms with Crippen LogP contribution in [0.15, 0.2) is 12.4 Å². The topological polar surface area (TPSA) is 44.5 Å². The number of aryl methyl sites for hydroxylation is 2. The Hall–Kier alpha value is -0.910. The molecule has 1 aromatic rings. The maximum atomic E-state index is 8.91. The van der Waals surface area contributed by atoms with Crippen molar-refractivity contribution in [3.05, 3.63) is 18.2 Å². The number of unbranched alkanes of at least 4 members (excludes halogenated alkanes) is 1. The SMILES string of the molecule is Cc1nccn1CCCCN1CCN(CCO)CC1. The van der Waals surface area contributed by atoms with Gasteiger partial charge in [0.05, 0.1) is 6.61 Å². The van der Waals surface area contributed by atoms with Gasteiger partial charge in [-0.1, -0.05) is 0 Å². The van der Waals surface area contributed by atoms with Gasteiger partial charge in [0.2, 0.25) is 0 Å². The second kappa shape index (κ2) is 7.62. The van der Waals surface area contributed by atoms with E-state index >= 15 is 0 Å². The van der Waals surface area contributed by atoms with Crippen LogP contribution in [0, 0.1) is 6.92 Å². The number of hydrogen-bond acceptors (Lipinski definition) is 4. The van der Waals surface area contributed by atoms with Crippen molar-refractivity contribution in [2.75, 3.05) is 45.9 Å². The molecule has 1 N–H and O–H groups in total. The lowest BCUT2D eigenvalue weighted by atomic mass is 10.2. The largest absolute Gasteiger partial charge is 0.395 e. The molecule has 0 aromatic carbocycles. The van der Waals surface area contributed by atoms with Gasteiger partial charge in [0.15, 0.2) is 0 Å². The second-order valence-electron chi connectivity index (χ2n) is 5.28. The van der Waals surface area contributed by atoms with Crippen LogP contribution >= 0.6 is 0 Å². The van der Waals surface area contributed by atoms with Gasteiger partial charge in [0, 0.05) is 51.7 Å². The number of nitrogens with zero attached hydrogens (tertiary/aromatic N) is 4. The zero-order valence-corrected chi connectivity index (χ0v) is 12.0. The first-order chi connectivity index (χ1) is 9.29. The van der Waals surface area contributed by atoms with Crippen molar-refractivity contribution in [1.29, 1.82) is 0 Å². The van der Waals surface area contributed by atoms with Gasteiger partial charge < -0.3 is 14.6 Å². The molecule has 19 heavy (non-hydrogen) atoms. The molecular weight excluding hydrogens is 240 g/mol. The molecule has 0 radical (unpaired) electrons. The molecule has 1 aliphatic rings. The van der Waals surface area contributed by atoms with E-state index in [1.807, 2.05) is 6.20 Å². The Kier molecular flexibility index (Phi) is 5.82. The number of β-amino-alcohol motifs (C(OH)–C–C–N with tert-alkyl or cyclic N) is 1. The summed E-state index contributed by atoms with van der Waals surface area (Å²) >= 11 is 0. The minimum absolute atomic E-state index is 0.282. The predicted octanol–water partition coefficient (Wildman–Crippen LogP) is 0.582. The molecule has 5 nitrogen and oxygen atoms in total. The number of rotatable bonds is 7. The smallest absolute Gasteiger partial charge is 0.105 e. The third-order valence-electron chi connectivity index (χ3n) is 3.93. The van der Waals surface area contributed by atoms with E-state index in [-0.39, 0.29) is 6.61 Å². The van der Waals surface area contributed by atoms with Crippen LogP contribution in [-0.2, 0) is 6.54 Å². The van der Waals surface area contributed by atoms with E-state index in [2.05, 4.69) is 32.5 Å². The van der Waals surface area contributed by atoms with Gasteiger partial charge in [-0.25, -0.2) is 4.98 Å². The molecule has 2 heterocycles. The maximum Gasteiger partial charge on any atom is 0.105 e. The van der Waals surface area contributed by atoms with E-state index in [0.717, 1.165) is 45.1 Å². The van der Waals surface area contributed by atoms with Crippen molar-refractivity contribution < 1.29 is 5.11 Å². The van der Waals surface area contributed by atoms with Crippen LogP contribution in [0.4, 0.5) is 0 Å². The van der Waals surface area contributed by atoms with Gasteiger partial charge in [-0.15, -0.1) is 0 Å². The zero-order chi connectivity index (χ0) is 13.5. The molecule has 1 aliphatic heterocycles. The Morgan fingerprint density at radius 3 is 2.26 bits per heavy atom. The van der Waals surface area contributed by atoms with Gasteiger partial charge in [-0.3, -0.25) is 4.90 Å². The highest BCUT2D eigenvalue weighted by Crippen LogP contribution is 2.05. The van der Waals surface area contributed by atoms with Gasteiger partial charge in [-0.2, -0.15) is 0 Å². The van der Waals surface area contributed by atoms with Crippen LogP contribution in [0.3, 0.4) is 0 Å². The quantitative estimate of drug-likeness (QED) is 0.733. The Labute approximate surface area is 115 Å². The summed E-state index contributed by atoms with van der Waals surface area (Å²) in [6.07, 6.45) is 6.39. The van der Waals surface area contributed by atoms with Crippen LogP contribution in [0.5, 0.6) is 0 Å². The number of imidazole rings is 1. The molecule has 0 spiro atoms. The molecule has 1 fully saturated rings. The highest BCUT2D eigenvalue weighted by Gasteiger charge is 2.15. The molecule has 0 saturated carbocycles. The molecule has 1 saturated heterocycles. The number of aromatic nitrogens is 2. The van der Waals surface area contributed by atoms with Crippen molar-refractivity contribution in [3.8, 4) is 0 Å². The minimum atomic E-state index is 0.282. The summed E-state index contributed by atoms with van der Waals surface area (Å²) in [6, 6.07) is 0. The first-order valence-corrected chi connectivity index (χ1v) is 7.33. The van der Waals surface area contributed by atoms with Crippen LogP contribution in [0.2, 0.25) is 0 Å². The molecule has 0 bridgehead atoms. The van der Waals surface area contributed by atoms with Gasteiger partial charge in [-0.05, 0) is 26.3 Å². The van der Waals surface area contributed by atoms with Crippen molar-refractivity contribution in [3.63, 3.8) is 0 Å². The zero-order valence-electron chi connectivity index (χ0n) is 12.0. The molecule has 0 aliphatic carbocycles. The van der Waals surface area contributed by atoms with Crippen molar-refractivity contribution in [2.24, 2.45) is 0 Å². The van der Waals surface area contributed by atoms with E-state index in [9.17, 15) is 0 Å². The summed E-state index contributed by atoms with van der Waals surface area (Å²) in [7, 11) is 0. The number of aliphatic hydroxyl groups excluding tert-OH is 1. The van der Waals surface area contributed by atoms with Crippen LogP contribution in [0.1, 0.15) is 18.7 Å². The van der Waals surface area contributed by atoms with Gasteiger partial charge in [0.25, 0.3) is 0 Å². The van der Waals surface area contributed by atoms with Gasteiger partial charge in [0.1, 0.15) is 5.82 Å². The Bertz CT molecular complexity index is 358. The number of aliphatic hydroxyl groups is 1. The fourth-order valence-corrected chi connectivity index (χ4v) is 2.64. The van der Waals surface area contributed by atoms with Crippen LogP contribution in [0.25, 0.3) is 0 Å². The standard InChI is InChI=1S/C14H26N4O/c1-14-15-4-7-18(14)6-3-2-5-16-8-10-17(11-9-16)12-13-19/h4,7,19H,2-3,5-6,8-13H2,1H3. The minimum Gasteiger partial charge on any atom is -0.395 e. The van der Waals surface area contributed by atoms with Crippen LogP contribution < -0.4 is 0 Å². The van der Waals surface area contributed by atoms with Crippen molar-refractivity contribution in [1.82, 2.24) is 19.4 Å². The summed E-state index contributed by atoms with van der Waals surface area (Å²) in [6.45, 7) is 9.92. The first-order valence-electron chi connectivity index (χ1n) is 7.33. The molecule has 0 amide bonds. The van der Waals surface area contributed by atoms with Crippen molar-refractivity contribution in [2.45, 2.75) is 26.3 Å². The van der Waals surface area contributed by atoms with E-state index in [1.165, 1.54) is 19.4 Å². The summed E-state index contributed by atoms with van der Waals surface area (Å²) in [5.74, 6) is 1.11. The third-order valence-corrected chi connectivity index (χ3v) is 3.93. The van der Waals surface area contributed by atoms with Crippen LogP contribution in [-0.4, -0.2) is 70.3 Å². The summed E-state index contributed by atoms with van der Waals surface area (Å²) in [4.78, 5) is 9.11. The Morgan fingerprint density at radius 2 is 1.68 bits per heavy atom. The predicted molar refractivity (Wildman–Crippen MR) is 76.2 cm³/mol. The Morgan fingerprint density at radius 1 is 1.05 bits per heavy atom. The average molecular weight is 266 g/mol. The second-order valence-corrected chi connectivity index (χ2v) is 5.28. The lowest BCUT2D eigenvalue weighted by Crippen LogP contribution is -2.47. The van der Waals surface area contributed by atoms with Crippen molar-refractivity contribution >= 4 is 0 Å². The lowest BCUT2D eigenvalue weighted by Gasteiger charge is -2.34. The summed E-state index contributed by atoms with van der Waals surface area (Å²) in [5, 5.41) is 8.91. The molecule has 0 atom stereocenters. The molecule has 1 aromatic heterocycles. The molecular formula is C14H26N4O. The summed E-state index contributed by atoms with van der Waals surface area (Å²) in [5.41, 5.74) is 0. The number of hydrogen-bond donors (Lipinski definition) is 1. The summed E-state index contributed by atoms with van der Waals surface area (Å²) < 4.78 is 2.22. The normalized spacial score (nSPS) is 18.0. The highest BCUT2D eigenvalue weighted by molar-refractivity contribution is 4.88. The first kappa shape index (κ1) is 14.5. The van der Waals surface area contributed by atoms with E-state index in [0.29, 0.717) is 0 Å². The molecule has 5 heteroatoms. The highest BCUT2D eigenvalue weighted by atomic mass is 16.3. The lowest BCUT2D eigenvalue weighted by molar-refractivity contribution is 0.111. The van der Waals surface area contributed by atoms with E-state index < -0.39 is 0 Å². The Balaban J connectivity index is 1.56. The van der Waals surface area contributed by atoms with Gasteiger partial charge >= 0.3 is 0 Å². The monoisotopic (exact) mass is 266 g/mol. The average Bonchev–Trinajstić information content (AvgIpc) is 2.83. The number of piperazine rings is 1. The molecule has 2 rings (SSSR count). The maximum absolute atomic E-state index is 8.91. The van der Waals surface area contributed by atoms with E-state index in [4.69, 9.17) is 5.11 Å². The molecule has 0 unspecified atom stereocenters. The fourth-order valence-electron chi connectivity index (χ4n) is 2.64. The third kappa shape index (κ3) is 4.60. The van der Waals surface area contributed by atoms with E-state index in [1.54, 1.807) is 0 Å². The fraction of sp³-hybridized carbons (Fsp3) is 0.786. The molecule has 108 valence electrons.